The lowest BCUT2D eigenvalue weighted by molar-refractivity contribution is -0.135. The summed E-state index contributed by atoms with van der Waals surface area (Å²) < 4.78 is 10.8. The summed E-state index contributed by atoms with van der Waals surface area (Å²) in [6, 6.07) is 9.67. The minimum Gasteiger partial charge on any atom is -0.497 e. The molecule has 3 atom stereocenters. The SMILES string of the molecule is COc1ccc(OC)c(NC(=O)[C@@H]2C[C@@H]3CCCN3[C@]23C(=O)Nc2c(C)cc(C)cc23)c1. The van der Waals surface area contributed by atoms with Crippen LogP contribution in [0.5, 0.6) is 11.5 Å². The zero-order chi connectivity index (χ0) is 22.6. The van der Waals surface area contributed by atoms with Crippen LogP contribution in [0.15, 0.2) is 30.3 Å². The number of benzene rings is 2. The molecule has 0 aliphatic carbocycles. The Morgan fingerprint density at radius 1 is 1.19 bits per heavy atom. The lowest BCUT2D eigenvalue weighted by atomic mass is 9.77. The summed E-state index contributed by atoms with van der Waals surface area (Å²) >= 11 is 0. The van der Waals surface area contributed by atoms with Gasteiger partial charge in [0.05, 0.1) is 25.8 Å². The Hall–Kier alpha value is -3.06. The van der Waals surface area contributed by atoms with Crippen LogP contribution >= 0.6 is 0 Å². The van der Waals surface area contributed by atoms with E-state index in [-0.39, 0.29) is 17.9 Å². The molecule has 2 saturated heterocycles. The van der Waals surface area contributed by atoms with Crippen LogP contribution in [0, 0.1) is 19.8 Å². The van der Waals surface area contributed by atoms with Crippen LogP contribution in [0.4, 0.5) is 11.4 Å². The summed E-state index contributed by atoms with van der Waals surface area (Å²) in [5, 5.41) is 6.17. The van der Waals surface area contributed by atoms with Gasteiger partial charge in [0.25, 0.3) is 0 Å². The van der Waals surface area contributed by atoms with E-state index in [1.807, 2.05) is 13.8 Å². The molecule has 2 N–H and O–H groups in total. The number of fused-ring (bicyclic) bond motifs is 4. The van der Waals surface area contributed by atoms with Crippen molar-refractivity contribution in [3.8, 4) is 11.5 Å². The average Bonchev–Trinajstić information content (AvgIpc) is 3.43. The highest BCUT2D eigenvalue weighted by molar-refractivity contribution is 6.11. The molecule has 0 saturated carbocycles. The maximum Gasteiger partial charge on any atom is 0.250 e. The zero-order valence-electron chi connectivity index (χ0n) is 19.0. The molecule has 3 aliphatic heterocycles. The van der Waals surface area contributed by atoms with E-state index in [9.17, 15) is 9.59 Å². The number of carbonyl (C=O) groups excluding carboxylic acids is 2. The van der Waals surface area contributed by atoms with E-state index in [4.69, 9.17) is 9.47 Å². The van der Waals surface area contributed by atoms with Gasteiger partial charge in [0, 0.05) is 23.4 Å². The number of carbonyl (C=O) groups is 2. The Bertz CT molecular complexity index is 1110. The first kappa shape index (κ1) is 20.8. The first-order chi connectivity index (χ1) is 15.4. The Kier molecular flexibility index (Phi) is 4.89. The molecule has 0 bridgehead atoms. The summed E-state index contributed by atoms with van der Waals surface area (Å²) in [6.07, 6.45) is 2.69. The van der Waals surface area contributed by atoms with Crippen LogP contribution in [0.2, 0.25) is 0 Å². The molecule has 7 nitrogen and oxygen atoms in total. The number of nitrogens with one attached hydrogen (secondary N) is 2. The summed E-state index contributed by atoms with van der Waals surface area (Å²) in [4.78, 5) is 29.7. The molecular weight excluding hydrogens is 406 g/mol. The standard InChI is InChI=1S/C25H29N3O4/c1-14-10-15(2)22-18(11-14)25(24(30)27-22)19(12-16-6-5-9-28(16)25)23(29)26-20-13-17(31-3)7-8-21(20)32-4/h7-8,10-11,13,16,19H,5-6,9,12H2,1-4H3,(H,26,29)(H,27,30)/t16-,19-,25-/m0/s1. The molecule has 2 aromatic rings. The Morgan fingerprint density at radius 2 is 2.00 bits per heavy atom. The highest BCUT2D eigenvalue weighted by Gasteiger charge is 2.65. The van der Waals surface area contributed by atoms with E-state index in [1.54, 1.807) is 32.4 Å². The predicted molar refractivity (Wildman–Crippen MR) is 122 cm³/mol. The number of amides is 2. The fourth-order valence-corrected chi connectivity index (χ4v) is 6.01. The highest BCUT2D eigenvalue weighted by atomic mass is 16.5. The topological polar surface area (TPSA) is 79.9 Å². The van der Waals surface area contributed by atoms with E-state index < -0.39 is 11.5 Å². The maximum atomic E-state index is 13.8. The van der Waals surface area contributed by atoms with Crippen molar-refractivity contribution in [2.45, 2.75) is 44.7 Å². The van der Waals surface area contributed by atoms with Crippen LogP contribution in [-0.2, 0) is 15.1 Å². The van der Waals surface area contributed by atoms with E-state index in [2.05, 4.69) is 27.7 Å². The Morgan fingerprint density at radius 3 is 2.75 bits per heavy atom. The molecule has 3 aliphatic rings. The molecule has 7 heteroatoms. The third-order valence-corrected chi connectivity index (χ3v) is 7.30. The first-order valence-electron chi connectivity index (χ1n) is 11.1. The van der Waals surface area contributed by atoms with E-state index in [1.165, 1.54) is 0 Å². The van der Waals surface area contributed by atoms with Gasteiger partial charge in [0.2, 0.25) is 11.8 Å². The summed E-state index contributed by atoms with van der Waals surface area (Å²) in [5.41, 5.74) is 3.46. The second kappa shape index (κ2) is 7.52. The highest BCUT2D eigenvalue weighted by Crippen LogP contribution is 2.56. The molecule has 1 spiro atoms. The molecule has 5 rings (SSSR count). The number of methoxy groups -OCH3 is 2. The van der Waals surface area contributed by atoms with Gasteiger partial charge in [-0.25, -0.2) is 0 Å². The van der Waals surface area contributed by atoms with E-state index in [0.29, 0.717) is 23.6 Å². The van der Waals surface area contributed by atoms with Gasteiger partial charge in [-0.15, -0.1) is 0 Å². The van der Waals surface area contributed by atoms with Crippen LogP contribution in [0.25, 0.3) is 0 Å². The average molecular weight is 436 g/mol. The minimum atomic E-state index is -0.983. The van der Waals surface area contributed by atoms with Crippen LogP contribution in [-0.4, -0.2) is 43.5 Å². The fraction of sp³-hybridized carbons (Fsp3) is 0.440. The third kappa shape index (κ3) is 2.84. The van der Waals surface area contributed by atoms with Gasteiger partial charge in [-0.2, -0.15) is 0 Å². The maximum absolute atomic E-state index is 13.8. The minimum absolute atomic E-state index is 0.0941. The van der Waals surface area contributed by atoms with Crippen molar-refractivity contribution >= 4 is 23.2 Å². The van der Waals surface area contributed by atoms with Crippen molar-refractivity contribution in [3.63, 3.8) is 0 Å². The van der Waals surface area contributed by atoms with Gasteiger partial charge in [-0.1, -0.05) is 17.7 Å². The number of hydrogen-bond donors (Lipinski definition) is 2. The van der Waals surface area contributed by atoms with Crippen molar-refractivity contribution in [3.05, 3.63) is 47.0 Å². The smallest absolute Gasteiger partial charge is 0.250 e. The normalized spacial score (nSPS) is 26.1. The van der Waals surface area contributed by atoms with Gasteiger partial charge in [0.1, 0.15) is 17.0 Å². The first-order valence-corrected chi connectivity index (χ1v) is 11.1. The molecule has 2 amide bonds. The van der Waals surface area contributed by atoms with E-state index >= 15 is 0 Å². The largest absolute Gasteiger partial charge is 0.497 e. The van der Waals surface area contributed by atoms with Gasteiger partial charge in [-0.05, 0) is 57.4 Å². The number of nitrogens with zero attached hydrogens (tertiary/aromatic N) is 1. The van der Waals surface area contributed by atoms with Crippen molar-refractivity contribution < 1.29 is 19.1 Å². The second-order valence-electron chi connectivity index (χ2n) is 9.06. The number of aryl methyl sites for hydroxylation is 2. The molecule has 3 heterocycles. The van der Waals surface area contributed by atoms with Gasteiger partial charge in [0.15, 0.2) is 0 Å². The fourth-order valence-electron chi connectivity index (χ4n) is 6.01. The molecule has 0 radical (unpaired) electrons. The molecular formula is C25H29N3O4. The van der Waals surface area contributed by atoms with Crippen LogP contribution in [0.3, 0.4) is 0 Å². The number of rotatable bonds is 4. The van der Waals surface area contributed by atoms with Crippen LogP contribution in [0.1, 0.15) is 36.0 Å². The monoisotopic (exact) mass is 435 g/mol. The Labute approximate surface area is 188 Å². The molecule has 168 valence electrons. The summed E-state index contributed by atoms with van der Waals surface area (Å²) in [5.74, 6) is 0.398. The second-order valence-corrected chi connectivity index (χ2v) is 9.06. The van der Waals surface area contributed by atoms with Crippen molar-refractivity contribution in [2.24, 2.45) is 5.92 Å². The lowest BCUT2D eigenvalue weighted by Gasteiger charge is -2.36. The molecule has 0 unspecified atom stereocenters. The molecule has 2 aromatic carbocycles. The zero-order valence-corrected chi connectivity index (χ0v) is 19.0. The quantitative estimate of drug-likeness (QED) is 0.767. The number of hydrogen-bond acceptors (Lipinski definition) is 5. The summed E-state index contributed by atoms with van der Waals surface area (Å²) in [7, 11) is 3.15. The predicted octanol–water partition coefficient (Wildman–Crippen LogP) is 3.59. The summed E-state index contributed by atoms with van der Waals surface area (Å²) in [6.45, 7) is 4.87. The number of anilines is 2. The number of ether oxygens (including phenoxy) is 2. The molecule has 2 fully saturated rings. The Balaban J connectivity index is 1.60. The van der Waals surface area contributed by atoms with Gasteiger partial charge >= 0.3 is 0 Å². The van der Waals surface area contributed by atoms with Gasteiger partial charge < -0.3 is 20.1 Å². The van der Waals surface area contributed by atoms with Gasteiger partial charge in [-0.3, -0.25) is 14.5 Å². The molecule has 0 aromatic heterocycles. The third-order valence-electron chi connectivity index (χ3n) is 7.30. The lowest BCUT2D eigenvalue weighted by Crippen LogP contribution is -2.53. The van der Waals surface area contributed by atoms with Crippen LogP contribution < -0.4 is 20.1 Å². The molecule has 32 heavy (non-hydrogen) atoms. The van der Waals surface area contributed by atoms with Crippen molar-refractivity contribution in [1.29, 1.82) is 0 Å². The van der Waals surface area contributed by atoms with Crippen molar-refractivity contribution in [2.75, 3.05) is 31.4 Å². The van der Waals surface area contributed by atoms with E-state index in [0.717, 1.165) is 41.8 Å². The van der Waals surface area contributed by atoms with Crippen molar-refractivity contribution in [1.82, 2.24) is 4.90 Å².